The van der Waals surface area contributed by atoms with Gasteiger partial charge in [-0.2, -0.15) is 0 Å². The molecule has 0 unspecified atom stereocenters. The van der Waals surface area contributed by atoms with Crippen molar-refractivity contribution in [1.82, 2.24) is 0 Å². The maximum absolute atomic E-state index is 2.34. The van der Waals surface area contributed by atoms with Crippen molar-refractivity contribution < 1.29 is 0 Å². The molecule has 0 fully saturated rings. The zero-order valence-corrected chi connectivity index (χ0v) is 10.9. The molecule has 12 heavy (non-hydrogen) atoms. The minimum atomic E-state index is 0.250. The van der Waals surface area contributed by atoms with Gasteiger partial charge in [-0.05, 0) is 0 Å². The quantitative estimate of drug-likeness (QED) is 0.581. The van der Waals surface area contributed by atoms with E-state index >= 15 is 0 Å². The first kappa shape index (κ1) is 7.66. The first-order chi connectivity index (χ1) is 5.95. The molecule has 0 aromatic heterocycles. The van der Waals surface area contributed by atoms with Gasteiger partial charge in [-0.1, -0.05) is 0 Å². The van der Waals surface area contributed by atoms with Crippen molar-refractivity contribution in [2.45, 2.75) is 0 Å². The Morgan fingerprint density at radius 1 is 0.750 bits per heavy atom. The minimum absolute atomic E-state index is 0.250. The van der Waals surface area contributed by atoms with E-state index in [1.165, 1.54) is 5.39 Å². The van der Waals surface area contributed by atoms with Gasteiger partial charge in [0.1, 0.15) is 0 Å². The summed E-state index contributed by atoms with van der Waals surface area (Å²) >= 11 is 0.499. The molecule has 2 aromatic rings. The predicted molar refractivity (Wildman–Crippen MR) is 54.7 cm³/mol. The summed E-state index contributed by atoms with van der Waals surface area (Å²) < 4.78 is 3.44. The summed E-state index contributed by atoms with van der Waals surface area (Å²) in [5, 5.41) is 3.10. The summed E-state index contributed by atoms with van der Waals surface area (Å²) in [6.45, 7) is 0. The van der Waals surface area contributed by atoms with Crippen LogP contribution in [-0.4, -0.2) is 34.1 Å². The average Bonchev–Trinajstić information content (AvgIpc) is 2.52. The van der Waals surface area contributed by atoms with E-state index in [0.29, 0.717) is 0 Å². The molecule has 2 aromatic carbocycles. The van der Waals surface area contributed by atoms with Gasteiger partial charge in [0.15, 0.2) is 0 Å². The Morgan fingerprint density at radius 3 is 1.92 bits per heavy atom. The molecule has 0 spiro atoms. The fraction of sp³-hybridized carbons (Fsp3) is 0. The summed E-state index contributed by atoms with van der Waals surface area (Å²) in [5.41, 5.74) is 0. The first-order valence-corrected chi connectivity index (χ1v) is 13.5. The van der Waals surface area contributed by atoms with Gasteiger partial charge in [-0.15, -0.1) is 0 Å². The molecule has 2 heteroatoms. The van der Waals surface area contributed by atoms with Crippen LogP contribution in [0.4, 0.5) is 0 Å². The summed E-state index contributed by atoms with van der Waals surface area (Å²) in [6, 6.07) is 13.6. The molecule has 1 aliphatic heterocycles. The van der Waals surface area contributed by atoms with Crippen molar-refractivity contribution in [3.8, 4) is 0 Å². The molecule has 3 rings (SSSR count). The predicted octanol–water partition coefficient (Wildman–Crippen LogP) is 0.427. The van der Waals surface area contributed by atoms with Gasteiger partial charge in [0, 0.05) is 0 Å². The third kappa shape index (κ3) is 1.03. The van der Waals surface area contributed by atoms with Crippen molar-refractivity contribution in [3.63, 3.8) is 0 Å². The Bertz CT molecular complexity index is 410. The van der Waals surface area contributed by atoms with Gasteiger partial charge in [0.05, 0.1) is 0 Å². The third-order valence-electron chi connectivity index (χ3n) is 2.05. The van der Waals surface area contributed by atoms with Crippen LogP contribution in [0.1, 0.15) is 0 Å². The third-order valence-corrected chi connectivity index (χ3v) is 13.7. The van der Waals surface area contributed by atoms with E-state index < -0.39 is 0 Å². The van der Waals surface area contributed by atoms with Gasteiger partial charge in [0.25, 0.3) is 0 Å². The van der Waals surface area contributed by atoms with Crippen LogP contribution in [0.2, 0.25) is 0 Å². The summed E-state index contributed by atoms with van der Waals surface area (Å²) in [7, 11) is 0. The maximum atomic E-state index is 2.34. The second-order valence-electron chi connectivity index (χ2n) is 2.78. The molecular weight excluding hydrogens is 375 g/mol. The summed E-state index contributed by atoms with van der Waals surface area (Å²) in [5.74, 6) is 0. The molecule has 0 bridgehead atoms. The van der Waals surface area contributed by atoms with Crippen LogP contribution in [0.5, 0.6) is 0 Å². The Morgan fingerprint density at radius 2 is 1.33 bits per heavy atom. The topological polar surface area (TPSA) is 0 Å². The van der Waals surface area contributed by atoms with Crippen LogP contribution in [0.25, 0.3) is 10.8 Å². The second kappa shape index (κ2) is 2.90. The number of hydrogen-bond acceptors (Lipinski definition) is 0. The fourth-order valence-electron chi connectivity index (χ4n) is 1.50. The van der Waals surface area contributed by atoms with Crippen LogP contribution >= 0.6 is 0 Å². The van der Waals surface area contributed by atoms with E-state index in [9.17, 15) is 0 Å². The molecule has 0 saturated heterocycles. The molecule has 1 heterocycles. The molecule has 58 valence electrons. The van der Waals surface area contributed by atoms with Gasteiger partial charge in [-0.3, -0.25) is 0 Å². The van der Waals surface area contributed by atoms with Gasteiger partial charge >= 0.3 is 88.5 Å². The molecule has 0 amide bonds. The van der Waals surface area contributed by atoms with E-state index in [0.717, 1.165) is 0 Å². The number of benzene rings is 2. The molecule has 0 nitrogen and oxygen atoms in total. The Balaban J connectivity index is 2.58. The van der Waals surface area contributed by atoms with Crippen molar-refractivity contribution in [2.75, 3.05) is 0 Å². The zero-order valence-electron chi connectivity index (χ0n) is 6.28. The van der Waals surface area contributed by atoms with Gasteiger partial charge in [-0.25, -0.2) is 0 Å². The van der Waals surface area contributed by atoms with Crippen LogP contribution in [0, 0.1) is 0 Å². The molecule has 0 N–H and O–H groups in total. The van der Waals surface area contributed by atoms with E-state index in [-0.39, 0.29) is 34.1 Å². The standard InChI is InChI=1S/C10H6Te2/c1-3-7-4-2-6-9-10(7)8(5-1)11-12-9/h1-6H. The van der Waals surface area contributed by atoms with Crippen molar-refractivity contribution in [1.29, 1.82) is 0 Å². The molecular formula is C10H6Te2. The number of hydrogen-bond donors (Lipinski definition) is 0. The van der Waals surface area contributed by atoms with E-state index in [1.807, 2.05) is 0 Å². The second-order valence-corrected chi connectivity index (χ2v) is 12.6. The van der Waals surface area contributed by atoms with E-state index in [2.05, 4.69) is 36.4 Å². The zero-order chi connectivity index (χ0) is 7.97. The molecule has 0 saturated carbocycles. The molecule has 0 atom stereocenters. The molecule has 0 aliphatic carbocycles. The Labute approximate surface area is 87.7 Å². The van der Waals surface area contributed by atoms with Crippen molar-refractivity contribution in [2.24, 2.45) is 0 Å². The first-order valence-electron chi connectivity index (χ1n) is 3.81. The van der Waals surface area contributed by atoms with Crippen LogP contribution < -0.4 is 7.22 Å². The van der Waals surface area contributed by atoms with Crippen LogP contribution in [0.3, 0.4) is 0 Å². The van der Waals surface area contributed by atoms with Gasteiger partial charge < -0.3 is 0 Å². The van der Waals surface area contributed by atoms with E-state index in [4.69, 9.17) is 0 Å². The van der Waals surface area contributed by atoms with Crippen molar-refractivity contribution >= 4 is 52.1 Å². The average molecular weight is 381 g/mol. The van der Waals surface area contributed by atoms with Crippen LogP contribution in [-0.2, 0) is 0 Å². The Kier molecular flexibility index (Phi) is 1.85. The SMILES string of the molecule is c1cc2c3c(cccc3c1)[Te][Te]2. The Hall–Kier alpha value is 0.279. The number of rotatable bonds is 0. The molecule has 0 radical (unpaired) electrons. The van der Waals surface area contributed by atoms with Crippen LogP contribution in [0.15, 0.2) is 36.4 Å². The summed E-state index contributed by atoms with van der Waals surface area (Å²) in [4.78, 5) is 0. The van der Waals surface area contributed by atoms with Crippen molar-refractivity contribution in [3.05, 3.63) is 36.4 Å². The van der Waals surface area contributed by atoms with Gasteiger partial charge in [0.2, 0.25) is 0 Å². The normalized spacial score (nSPS) is 14.0. The van der Waals surface area contributed by atoms with E-state index in [1.54, 1.807) is 12.6 Å². The molecule has 1 aliphatic rings. The fourth-order valence-corrected chi connectivity index (χ4v) is 13.9. The summed E-state index contributed by atoms with van der Waals surface area (Å²) in [6.07, 6.45) is 0. The monoisotopic (exact) mass is 386 g/mol.